The van der Waals surface area contributed by atoms with E-state index < -0.39 is 5.92 Å². The SMILES string of the molecule is O=C(Nc1ccc(O)cc1-c1ccccc1)C(c1ccccc1)c1ccccc1. The van der Waals surface area contributed by atoms with E-state index in [0.717, 1.165) is 22.3 Å². The number of rotatable bonds is 5. The van der Waals surface area contributed by atoms with Crippen LogP contribution in [-0.2, 0) is 4.79 Å². The summed E-state index contributed by atoms with van der Waals surface area (Å²) in [6, 6.07) is 34.2. The summed E-state index contributed by atoms with van der Waals surface area (Å²) in [6.07, 6.45) is 0. The van der Waals surface area contributed by atoms with Crippen LogP contribution in [0.15, 0.2) is 109 Å². The summed E-state index contributed by atoms with van der Waals surface area (Å²) in [5.74, 6) is -0.399. The van der Waals surface area contributed by atoms with Crippen LogP contribution in [0.4, 0.5) is 5.69 Å². The third kappa shape index (κ3) is 4.19. The average molecular weight is 379 g/mol. The maximum Gasteiger partial charge on any atom is 0.236 e. The largest absolute Gasteiger partial charge is 0.508 e. The molecule has 0 saturated carbocycles. The van der Waals surface area contributed by atoms with Gasteiger partial charge in [-0.15, -0.1) is 0 Å². The zero-order chi connectivity index (χ0) is 20.1. The van der Waals surface area contributed by atoms with Gasteiger partial charge in [0.15, 0.2) is 0 Å². The fourth-order valence-electron chi connectivity index (χ4n) is 3.49. The quantitative estimate of drug-likeness (QED) is 0.429. The van der Waals surface area contributed by atoms with Crippen molar-refractivity contribution < 1.29 is 9.90 Å². The van der Waals surface area contributed by atoms with Gasteiger partial charge in [-0.25, -0.2) is 0 Å². The van der Waals surface area contributed by atoms with Gasteiger partial charge < -0.3 is 10.4 Å². The number of amides is 1. The average Bonchev–Trinajstić information content (AvgIpc) is 2.77. The molecule has 2 N–H and O–H groups in total. The normalized spacial score (nSPS) is 10.7. The fraction of sp³-hybridized carbons (Fsp3) is 0.0385. The molecule has 0 bridgehead atoms. The number of nitrogens with one attached hydrogen (secondary N) is 1. The molecule has 0 aliphatic heterocycles. The van der Waals surface area contributed by atoms with Crippen molar-refractivity contribution in [3.63, 3.8) is 0 Å². The Morgan fingerprint density at radius 3 is 1.76 bits per heavy atom. The van der Waals surface area contributed by atoms with Gasteiger partial charge >= 0.3 is 0 Å². The van der Waals surface area contributed by atoms with Crippen LogP contribution in [-0.4, -0.2) is 11.0 Å². The van der Waals surface area contributed by atoms with Crippen molar-refractivity contribution in [2.75, 3.05) is 5.32 Å². The van der Waals surface area contributed by atoms with Crippen LogP contribution in [0.2, 0.25) is 0 Å². The van der Waals surface area contributed by atoms with E-state index in [1.165, 1.54) is 0 Å². The predicted molar refractivity (Wildman–Crippen MR) is 117 cm³/mol. The number of carbonyl (C=O) groups is 1. The molecule has 29 heavy (non-hydrogen) atoms. The van der Waals surface area contributed by atoms with Gasteiger partial charge in [0.1, 0.15) is 5.75 Å². The third-order valence-corrected chi connectivity index (χ3v) is 4.87. The molecule has 0 unspecified atom stereocenters. The first-order valence-corrected chi connectivity index (χ1v) is 9.51. The Morgan fingerprint density at radius 1 is 0.690 bits per heavy atom. The van der Waals surface area contributed by atoms with Crippen LogP contribution >= 0.6 is 0 Å². The van der Waals surface area contributed by atoms with E-state index in [0.29, 0.717) is 5.69 Å². The van der Waals surface area contributed by atoms with E-state index in [1.54, 1.807) is 18.2 Å². The van der Waals surface area contributed by atoms with Crippen molar-refractivity contribution >= 4 is 11.6 Å². The minimum Gasteiger partial charge on any atom is -0.508 e. The zero-order valence-electron chi connectivity index (χ0n) is 15.8. The van der Waals surface area contributed by atoms with E-state index in [9.17, 15) is 9.90 Å². The smallest absolute Gasteiger partial charge is 0.236 e. The summed E-state index contributed by atoms with van der Waals surface area (Å²) in [4.78, 5) is 13.4. The molecule has 0 fully saturated rings. The highest BCUT2D eigenvalue weighted by molar-refractivity contribution is 6.01. The molecule has 0 aromatic heterocycles. The summed E-state index contributed by atoms with van der Waals surface area (Å²) >= 11 is 0. The molecule has 142 valence electrons. The number of aromatic hydroxyl groups is 1. The van der Waals surface area contributed by atoms with E-state index in [1.807, 2.05) is 91.0 Å². The molecule has 1 amide bonds. The molecule has 3 nitrogen and oxygen atoms in total. The van der Waals surface area contributed by atoms with E-state index in [-0.39, 0.29) is 11.7 Å². The van der Waals surface area contributed by atoms with Crippen LogP contribution < -0.4 is 5.32 Å². The number of hydrogen-bond acceptors (Lipinski definition) is 2. The van der Waals surface area contributed by atoms with Crippen LogP contribution in [0.1, 0.15) is 17.0 Å². The van der Waals surface area contributed by atoms with Crippen LogP contribution in [0.5, 0.6) is 5.75 Å². The fourth-order valence-corrected chi connectivity index (χ4v) is 3.49. The monoisotopic (exact) mass is 379 g/mol. The number of anilines is 1. The molecule has 0 heterocycles. The molecule has 0 atom stereocenters. The van der Waals surface area contributed by atoms with Crippen molar-refractivity contribution in [3.05, 3.63) is 120 Å². The second-order valence-electron chi connectivity index (χ2n) is 6.84. The van der Waals surface area contributed by atoms with Crippen molar-refractivity contribution in [2.24, 2.45) is 0 Å². The highest BCUT2D eigenvalue weighted by Gasteiger charge is 2.23. The second kappa shape index (κ2) is 8.44. The summed E-state index contributed by atoms with van der Waals surface area (Å²) in [6.45, 7) is 0. The molecular weight excluding hydrogens is 358 g/mol. The van der Waals surface area contributed by atoms with Gasteiger partial charge in [-0.3, -0.25) is 4.79 Å². The van der Waals surface area contributed by atoms with Gasteiger partial charge in [-0.2, -0.15) is 0 Å². The lowest BCUT2D eigenvalue weighted by atomic mass is 9.90. The lowest BCUT2D eigenvalue weighted by Gasteiger charge is -2.19. The predicted octanol–water partition coefficient (Wildman–Crippen LogP) is 5.83. The topological polar surface area (TPSA) is 49.3 Å². The lowest BCUT2D eigenvalue weighted by molar-refractivity contribution is -0.116. The van der Waals surface area contributed by atoms with Crippen LogP contribution in [0.25, 0.3) is 11.1 Å². The standard InChI is InChI=1S/C26H21NO2/c28-22-16-17-24(23(18-22)19-10-4-1-5-11-19)27-26(29)25(20-12-6-2-7-13-20)21-14-8-3-9-15-21/h1-18,25,28H,(H,27,29). The molecule has 0 saturated heterocycles. The number of phenols is 1. The number of phenolic OH excluding ortho intramolecular Hbond substituents is 1. The number of carbonyl (C=O) groups excluding carboxylic acids is 1. The Balaban J connectivity index is 1.72. The van der Waals surface area contributed by atoms with E-state index >= 15 is 0 Å². The Labute approximate surface area is 170 Å². The molecule has 0 spiro atoms. The molecule has 4 aromatic rings. The molecular formula is C26H21NO2. The number of hydrogen-bond donors (Lipinski definition) is 2. The first-order valence-electron chi connectivity index (χ1n) is 9.51. The molecule has 0 aliphatic rings. The lowest BCUT2D eigenvalue weighted by Crippen LogP contribution is -2.22. The molecule has 0 aliphatic carbocycles. The Morgan fingerprint density at radius 2 is 1.21 bits per heavy atom. The first-order chi connectivity index (χ1) is 14.2. The van der Waals surface area contributed by atoms with Gasteiger partial charge in [0.25, 0.3) is 0 Å². The summed E-state index contributed by atoms with van der Waals surface area (Å²) in [7, 11) is 0. The van der Waals surface area contributed by atoms with Gasteiger partial charge in [-0.1, -0.05) is 91.0 Å². The van der Waals surface area contributed by atoms with Crippen molar-refractivity contribution in [2.45, 2.75) is 5.92 Å². The van der Waals surface area contributed by atoms with Crippen molar-refractivity contribution in [1.29, 1.82) is 0 Å². The zero-order valence-corrected chi connectivity index (χ0v) is 15.8. The Hall–Kier alpha value is -3.85. The van der Waals surface area contributed by atoms with Gasteiger partial charge in [0.2, 0.25) is 5.91 Å². The molecule has 3 heteroatoms. The van der Waals surface area contributed by atoms with Crippen LogP contribution in [0, 0.1) is 0 Å². The van der Waals surface area contributed by atoms with Crippen LogP contribution in [0.3, 0.4) is 0 Å². The first kappa shape index (κ1) is 18.5. The second-order valence-corrected chi connectivity index (χ2v) is 6.84. The van der Waals surface area contributed by atoms with Gasteiger partial charge in [0, 0.05) is 11.3 Å². The highest BCUT2D eigenvalue weighted by Crippen LogP contribution is 2.33. The van der Waals surface area contributed by atoms with E-state index in [2.05, 4.69) is 5.32 Å². The Kier molecular flexibility index (Phi) is 5.39. The number of benzene rings is 4. The molecule has 0 radical (unpaired) electrons. The van der Waals surface area contributed by atoms with Gasteiger partial charge in [-0.05, 0) is 34.9 Å². The van der Waals surface area contributed by atoms with E-state index in [4.69, 9.17) is 0 Å². The molecule has 4 rings (SSSR count). The van der Waals surface area contributed by atoms with Crippen molar-refractivity contribution in [3.8, 4) is 16.9 Å². The van der Waals surface area contributed by atoms with Gasteiger partial charge in [0.05, 0.1) is 5.92 Å². The Bertz CT molecular complexity index is 1050. The minimum absolute atomic E-state index is 0.120. The minimum atomic E-state index is -0.435. The third-order valence-electron chi connectivity index (χ3n) is 4.87. The maximum atomic E-state index is 13.4. The maximum absolute atomic E-state index is 13.4. The summed E-state index contributed by atoms with van der Waals surface area (Å²) < 4.78 is 0. The molecule has 4 aromatic carbocycles. The summed E-state index contributed by atoms with van der Waals surface area (Å²) in [5, 5.41) is 13.1. The summed E-state index contributed by atoms with van der Waals surface area (Å²) in [5.41, 5.74) is 4.22. The van der Waals surface area contributed by atoms with Crippen molar-refractivity contribution in [1.82, 2.24) is 0 Å². The highest BCUT2D eigenvalue weighted by atomic mass is 16.3.